The zero-order chi connectivity index (χ0) is 18.2. The molecule has 3 heterocycles. The van der Waals surface area contributed by atoms with Crippen molar-refractivity contribution in [3.63, 3.8) is 0 Å². The fourth-order valence-electron chi connectivity index (χ4n) is 4.67. The number of nitrogens with one attached hydrogen (secondary N) is 2. The third kappa shape index (κ3) is 3.09. The van der Waals surface area contributed by atoms with Gasteiger partial charge in [-0.3, -0.25) is 4.79 Å². The van der Waals surface area contributed by atoms with Gasteiger partial charge in [0.15, 0.2) is 0 Å². The molecular formula is C22H24N2O2S. The van der Waals surface area contributed by atoms with Gasteiger partial charge in [-0.1, -0.05) is 30.4 Å². The van der Waals surface area contributed by atoms with Gasteiger partial charge in [0, 0.05) is 23.9 Å². The number of amides is 1. The first-order valence-corrected chi connectivity index (χ1v) is 10.7. The summed E-state index contributed by atoms with van der Waals surface area (Å²) in [4.78, 5) is 14.3. The van der Waals surface area contributed by atoms with Gasteiger partial charge in [0.05, 0.1) is 23.4 Å². The highest BCUT2D eigenvalue weighted by Crippen LogP contribution is 2.51. The minimum atomic E-state index is -0.0137. The minimum absolute atomic E-state index is 0.0137. The molecule has 27 heavy (non-hydrogen) atoms. The van der Waals surface area contributed by atoms with E-state index in [9.17, 15) is 4.79 Å². The van der Waals surface area contributed by atoms with Crippen molar-refractivity contribution in [1.29, 1.82) is 0 Å². The fourth-order valence-corrected chi connectivity index (χ4v) is 5.52. The van der Waals surface area contributed by atoms with Crippen molar-refractivity contribution in [3.8, 4) is 0 Å². The van der Waals surface area contributed by atoms with Crippen LogP contribution in [0.3, 0.4) is 0 Å². The van der Waals surface area contributed by atoms with Crippen molar-refractivity contribution >= 4 is 22.9 Å². The summed E-state index contributed by atoms with van der Waals surface area (Å²) in [6.07, 6.45) is 7.95. The first-order chi connectivity index (χ1) is 13.3. The Morgan fingerprint density at radius 3 is 3.07 bits per heavy atom. The van der Waals surface area contributed by atoms with E-state index in [2.05, 4.69) is 46.4 Å². The number of hydrogen-bond donors (Lipinski definition) is 2. The fraction of sp³-hybridized carbons (Fsp3) is 0.409. The number of para-hydroxylation sites is 1. The van der Waals surface area contributed by atoms with Crippen molar-refractivity contribution in [3.05, 3.63) is 63.9 Å². The molecule has 4 atom stereocenters. The maximum Gasteiger partial charge on any atom is 0.253 e. The van der Waals surface area contributed by atoms with Gasteiger partial charge in [0.2, 0.25) is 0 Å². The third-order valence-electron chi connectivity index (χ3n) is 6.01. The number of benzene rings is 1. The van der Waals surface area contributed by atoms with E-state index in [1.54, 1.807) is 11.3 Å². The molecular weight excluding hydrogens is 356 g/mol. The lowest BCUT2D eigenvalue weighted by Gasteiger charge is -2.37. The number of rotatable bonds is 4. The van der Waals surface area contributed by atoms with Crippen LogP contribution in [0.4, 0.5) is 5.69 Å². The van der Waals surface area contributed by atoms with Crippen LogP contribution < -0.4 is 10.6 Å². The molecule has 0 saturated carbocycles. The molecule has 2 aromatic rings. The van der Waals surface area contributed by atoms with Crippen molar-refractivity contribution in [2.24, 2.45) is 5.92 Å². The van der Waals surface area contributed by atoms with Crippen LogP contribution >= 0.6 is 11.3 Å². The van der Waals surface area contributed by atoms with Crippen LogP contribution in [0.2, 0.25) is 0 Å². The lowest BCUT2D eigenvalue weighted by molar-refractivity contribution is 0.0858. The Morgan fingerprint density at radius 1 is 1.30 bits per heavy atom. The SMILES string of the molecule is O=C(NCC1CCCO1)c1cccc2c1NC(c1cccs1)C1CC=CC21. The molecule has 1 aliphatic carbocycles. The molecule has 4 nitrogen and oxygen atoms in total. The molecule has 1 aromatic carbocycles. The average molecular weight is 381 g/mol. The van der Waals surface area contributed by atoms with Crippen molar-refractivity contribution in [2.75, 3.05) is 18.5 Å². The largest absolute Gasteiger partial charge is 0.376 e. The predicted octanol–water partition coefficient (Wildman–Crippen LogP) is 4.48. The molecule has 0 radical (unpaired) electrons. The summed E-state index contributed by atoms with van der Waals surface area (Å²) in [6.45, 7) is 1.39. The van der Waals surface area contributed by atoms with E-state index in [0.717, 1.165) is 37.1 Å². The van der Waals surface area contributed by atoms with Gasteiger partial charge in [-0.05, 0) is 48.3 Å². The molecule has 1 saturated heterocycles. The van der Waals surface area contributed by atoms with Gasteiger partial charge < -0.3 is 15.4 Å². The van der Waals surface area contributed by atoms with Crippen LogP contribution in [0.1, 0.15) is 52.0 Å². The number of allylic oxidation sites excluding steroid dienone is 2. The number of ether oxygens (including phenoxy) is 1. The lowest BCUT2D eigenvalue weighted by Crippen LogP contribution is -2.34. The molecule has 2 N–H and O–H groups in total. The maximum absolute atomic E-state index is 12.9. The van der Waals surface area contributed by atoms with E-state index in [1.165, 1.54) is 10.4 Å². The quantitative estimate of drug-likeness (QED) is 0.769. The van der Waals surface area contributed by atoms with Crippen LogP contribution in [0.15, 0.2) is 47.9 Å². The number of fused-ring (bicyclic) bond motifs is 3. The van der Waals surface area contributed by atoms with Crippen molar-refractivity contribution in [2.45, 2.75) is 37.3 Å². The van der Waals surface area contributed by atoms with E-state index in [-0.39, 0.29) is 18.1 Å². The highest BCUT2D eigenvalue weighted by Gasteiger charge is 2.39. The third-order valence-corrected chi connectivity index (χ3v) is 6.96. The second-order valence-corrected chi connectivity index (χ2v) is 8.59. The van der Waals surface area contributed by atoms with Gasteiger partial charge in [-0.15, -0.1) is 11.3 Å². The molecule has 140 valence electrons. The Hall–Kier alpha value is -2.11. The summed E-state index contributed by atoms with van der Waals surface area (Å²) >= 11 is 1.79. The zero-order valence-electron chi connectivity index (χ0n) is 15.2. The summed E-state index contributed by atoms with van der Waals surface area (Å²) in [7, 11) is 0. The Kier molecular flexibility index (Phi) is 4.50. The first-order valence-electron chi connectivity index (χ1n) is 9.80. The van der Waals surface area contributed by atoms with Gasteiger partial charge >= 0.3 is 0 Å². The van der Waals surface area contributed by atoms with E-state index >= 15 is 0 Å². The molecule has 1 fully saturated rings. The van der Waals surface area contributed by atoms with Gasteiger partial charge in [-0.2, -0.15) is 0 Å². The summed E-state index contributed by atoms with van der Waals surface area (Å²) in [5.41, 5.74) is 2.98. The molecule has 5 rings (SSSR count). The number of anilines is 1. The van der Waals surface area contributed by atoms with E-state index in [4.69, 9.17) is 4.74 Å². The van der Waals surface area contributed by atoms with Gasteiger partial charge in [-0.25, -0.2) is 0 Å². The normalized spacial score (nSPS) is 28.4. The molecule has 3 aliphatic rings. The summed E-state index contributed by atoms with van der Waals surface area (Å²) in [5, 5.41) is 8.94. The number of hydrogen-bond acceptors (Lipinski definition) is 4. The van der Waals surface area contributed by atoms with E-state index < -0.39 is 0 Å². The molecule has 1 aromatic heterocycles. The van der Waals surface area contributed by atoms with Crippen LogP contribution in [-0.4, -0.2) is 25.2 Å². The van der Waals surface area contributed by atoms with Gasteiger partial charge in [0.1, 0.15) is 0 Å². The Labute approximate surface area is 163 Å². The minimum Gasteiger partial charge on any atom is -0.376 e. The van der Waals surface area contributed by atoms with Crippen molar-refractivity contribution < 1.29 is 9.53 Å². The topological polar surface area (TPSA) is 50.4 Å². The summed E-state index contributed by atoms with van der Waals surface area (Å²) in [6, 6.07) is 10.7. The highest BCUT2D eigenvalue weighted by molar-refractivity contribution is 7.10. The smallest absolute Gasteiger partial charge is 0.253 e. The predicted molar refractivity (Wildman–Crippen MR) is 108 cm³/mol. The monoisotopic (exact) mass is 380 g/mol. The Morgan fingerprint density at radius 2 is 2.26 bits per heavy atom. The highest BCUT2D eigenvalue weighted by atomic mass is 32.1. The molecule has 0 bridgehead atoms. The molecule has 4 unspecified atom stereocenters. The molecule has 5 heteroatoms. The standard InChI is InChI=1S/C22H24N2O2S/c25-22(23-13-14-5-3-11-26-14)18-9-2-7-16-15-6-1-8-17(15)21(24-20(16)18)19-10-4-12-27-19/h1-2,4,6-7,9-10,12,14-15,17,21,24H,3,5,8,11,13H2,(H,23,25). The van der Waals surface area contributed by atoms with Gasteiger partial charge in [0.25, 0.3) is 5.91 Å². The van der Waals surface area contributed by atoms with Crippen LogP contribution in [-0.2, 0) is 4.74 Å². The molecule has 1 amide bonds. The first kappa shape index (κ1) is 17.0. The van der Waals surface area contributed by atoms with E-state index in [1.807, 2.05) is 12.1 Å². The average Bonchev–Trinajstić information content (AvgIpc) is 3.47. The summed E-state index contributed by atoms with van der Waals surface area (Å²) < 4.78 is 5.64. The van der Waals surface area contributed by atoms with E-state index in [0.29, 0.717) is 18.4 Å². The Bertz CT molecular complexity index is 855. The van der Waals surface area contributed by atoms with Crippen LogP contribution in [0, 0.1) is 5.92 Å². The van der Waals surface area contributed by atoms with Crippen molar-refractivity contribution in [1.82, 2.24) is 5.32 Å². The second kappa shape index (κ2) is 7.13. The molecule has 2 aliphatic heterocycles. The second-order valence-electron chi connectivity index (χ2n) is 7.61. The lowest BCUT2D eigenvalue weighted by atomic mass is 9.78. The van der Waals surface area contributed by atoms with Crippen LogP contribution in [0.25, 0.3) is 0 Å². The Balaban J connectivity index is 1.44. The van der Waals surface area contributed by atoms with Crippen LogP contribution in [0.5, 0.6) is 0 Å². The zero-order valence-corrected chi connectivity index (χ0v) is 16.0. The maximum atomic E-state index is 12.9. The number of carbonyl (C=O) groups excluding carboxylic acids is 1. The number of carbonyl (C=O) groups is 1. The molecule has 0 spiro atoms. The number of thiophene rings is 1. The summed E-state index contributed by atoms with van der Waals surface area (Å²) in [5.74, 6) is 0.876.